The van der Waals surface area contributed by atoms with Crippen LogP contribution in [-0.2, 0) is 9.59 Å². The van der Waals surface area contributed by atoms with Gasteiger partial charge in [0.2, 0.25) is 11.8 Å². The summed E-state index contributed by atoms with van der Waals surface area (Å²) in [6, 6.07) is 7.00. The first-order chi connectivity index (χ1) is 11.5. The molecule has 0 unspecified atom stereocenters. The van der Waals surface area contributed by atoms with Crippen LogP contribution in [0.25, 0.3) is 0 Å². The van der Waals surface area contributed by atoms with Crippen LogP contribution in [0.3, 0.4) is 0 Å². The Balaban J connectivity index is 1.70. The highest BCUT2D eigenvalue weighted by atomic mass is 35.5. The van der Waals surface area contributed by atoms with E-state index in [4.69, 9.17) is 17.3 Å². The van der Waals surface area contributed by atoms with Gasteiger partial charge in [0, 0.05) is 25.6 Å². The predicted molar refractivity (Wildman–Crippen MR) is 94.9 cm³/mol. The molecule has 1 heterocycles. The maximum absolute atomic E-state index is 12.8. The predicted octanol–water partition coefficient (Wildman–Crippen LogP) is 2.42. The quantitative estimate of drug-likeness (QED) is 0.911. The number of amides is 2. The van der Waals surface area contributed by atoms with E-state index in [1.54, 1.807) is 22.9 Å². The van der Waals surface area contributed by atoms with E-state index in [2.05, 4.69) is 0 Å². The molecule has 24 heavy (non-hydrogen) atoms. The Labute approximate surface area is 147 Å². The van der Waals surface area contributed by atoms with Gasteiger partial charge >= 0.3 is 0 Å². The Kier molecular flexibility index (Phi) is 5.11. The average molecular weight is 350 g/mol. The Hall–Kier alpha value is -1.59. The summed E-state index contributed by atoms with van der Waals surface area (Å²) in [6.07, 6.45) is 4.18. The van der Waals surface area contributed by atoms with E-state index in [-0.39, 0.29) is 23.8 Å². The lowest BCUT2D eigenvalue weighted by atomic mass is 9.85. The molecule has 1 aliphatic heterocycles. The van der Waals surface area contributed by atoms with Gasteiger partial charge < -0.3 is 15.5 Å². The summed E-state index contributed by atoms with van der Waals surface area (Å²) in [5.41, 5.74) is 6.71. The van der Waals surface area contributed by atoms with Crippen molar-refractivity contribution < 1.29 is 9.59 Å². The number of hydrogen-bond acceptors (Lipinski definition) is 3. The van der Waals surface area contributed by atoms with Gasteiger partial charge in [0.25, 0.3) is 0 Å². The molecule has 0 spiro atoms. The van der Waals surface area contributed by atoms with Crippen molar-refractivity contribution in [3.63, 3.8) is 0 Å². The van der Waals surface area contributed by atoms with Crippen molar-refractivity contribution >= 4 is 29.1 Å². The van der Waals surface area contributed by atoms with Gasteiger partial charge in [-0.15, -0.1) is 0 Å². The molecule has 130 valence electrons. The summed E-state index contributed by atoms with van der Waals surface area (Å²) >= 11 is 6.21. The monoisotopic (exact) mass is 349 g/mol. The molecule has 1 aromatic rings. The third-order valence-corrected chi connectivity index (χ3v) is 5.52. The van der Waals surface area contributed by atoms with Gasteiger partial charge in [0.05, 0.1) is 10.7 Å². The minimum atomic E-state index is -0.410. The molecular weight excluding hydrogens is 326 g/mol. The van der Waals surface area contributed by atoms with Crippen molar-refractivity contribution in [3.05, 3.63) is 29.3 Å². The normalized spacial score (nSPS) is 27.4. The second-order valence-corrected chi connectivity index (χ2v) is 7.23. The Bertz CT molecular complexity index is 636. The highest BCUT2D eigenvalue weighted by Gasteiger charge is 2.39. The van der Waals surface area contributed by atoms with Crippen molar-refractivity contribution in [2.24, 2.45) is 11.7 Å². The van der Waals surface area contributed by atoms with Crippen molar-refractivity contribution in [3.8, 4) is 0 Å². The first kappa shape index (κ1) is 17.2. The Morgan fingerprint density at radius 2 is 2.04 bits per heavy atom. The van der Waals surface area contributed by atoms with Crippen molar-refractivity contribution in [2.45, 2.75) is 44.2 Å². The van der Waals surface area contributed by atoms with E-state index in [0.717, 1.165) is 25.7 Å². The van der Waals surface area contributed by atoms with Gasteiger partial charge in [0.1, 0.15) is 6.04 Å². The highest BCUT2D eigenvalue weighted by Crippen LogP contribution is 2.31. The number of para-hydroxylation sites is 1. The number of rotatable bonds is 3. The molecule has 6 heteroatoms. The van der Waals surface area contributed by atoms with Gasteiger partial charge in [-0.05, 0) is 37.8 Å². The number of carbonyl (C=O) groups is 2. The maximum atomic E-state index is 12.8. The molecule has 0 aromatic heterocycles. The van der Waals surface area contributed by atoms with Crippen LogP contribution >= 0.6 is 11.6 Å². The standard InChI is InChI=1S/C18H24ClN3O2/c1-21(17(23)12-5-4-6-13(20)11-12)16-9-10-22(18(16)24)15-8-3-2-7-14(15)19/h2-3,7-8,12-13,16H,4-6,9-11,20H2,1H3/t12-,13+,16-/m1/s1. The average Bonchev–Trinajstić information content (AvgIpc) is 2.95. The van der Waals surface area contributed by atoms with Gasteiger partial charge in [-0.2, -0.15) is 0 Å². The molecule has 0 radical (unpaired) electrons. The molecule has 2 amide bonds. The fraction of sp³-hybridized carbons (Fsp3) is 0.556. The van der Waals surface area contributed by atoms with Crippen LogP contribution in [-0.4, -0.2) is 42.4 Å². The number of nitrogens with two attached hydrogens (primary N) is 1. The van der Waals surface area contributed by atoms with Crippen molar-refractivity contribution in [1.82, 2.24) is 4.90 Å². The summed E-state index contributed by atoms with van der Waals surface area (Å²) in [6.45, 7) is 0.578. The van der Waals surface area contributed by atoms with E-state index >= 15 is 0 Å². The molecule has 5 nitrogen and oxygen atoms in total. The first-order valence-electron chi connectivity index (χ1n) is 8.57. The highest BCUT2D eigenvalue weighted by molar-refractivity contribution is 6.34. The minimum Gasteiger partial charge on any atom is -0.333 e. The fourth-order valence-corrected chi connectivity index (χ4v) is 4.07. The van der Waals surface area contributed by atoms with Crippen LogP contribution < -0.4 is 10.6 Å². The summed E-state index contributed by atoms with van der Waals surface area (Å²) < 4.78 is 0. The molecule has 3 atom stereocenters. The van der Waals surface area contributed by atoms with Crippen molar-refractivity contribution in [2.75, 3.05) is 18.5 Å². The lowest BCUT2D eigenvalue weighted by molar-refractivity contribution is -0.141. The second kappa shape index (κ2) is 7.11. The molecule has 1 saturated heterocycles. The third kappa shape index (κ3) is 3.28. The smallest absolute Gasteiger partial charge is 0.249 e. The number of benzene rings is 1. The zero-order chi connectivity index (χ0) is 17.3. The lowest BCUT2D eigenvalue weighted by Crippen LogP contribution is -2.47. The van der Waals surface area contributed by atoms with E-state index in [1.807, 2.05) is 18.2 Å². The van der Waals surface area contributed by atoms with Crippen LogP contribution in [0, 0.1) is 5.92 Å². The van der Waals surface area contributed by atoms with Crippen LogP contribution in [0.2, 0.25) is 5.02 Å². The summed E-state index contributed by atoms with van der Waals surface area (Å²) in [5.74, 6) is -0.0653. The van der Waals surface area contributed by atoms with Crippen LogP contribution in [0.4, 0.5) is 5.69 Å². The molecule has 3 rings (SSSR count). The first-order valence-corrected chi connectivity index (χ1v) is 8.95. The SMILES string of the molecule is CN(C(=O)[C@@H]1CCC[C@H](N)C1)[C@@H]1CCN(c2ccccc2Cl)C1=O. The molecule has 2 N–H and O–H groups in total. The third-order valence-electron chi connectivity index (χ3n) is 5.20. The minimum absolute atomic E-state index is 0.0458. The Morgan fingerprint density at radius 3 is 2.75 bits per heavy atom. The summed E-state index contributed by atoms with van der Waals surface area (Å²) in [4.78, 5) is 28.9. The molecule has 0 bridgehead atoms. The van der Waals surface area contributed by atoms with Crippen LogP contribution in [0.1, 0.15) is 32.1 Å². The van der Waals surface area contributed by atoms with Gasteiger partial charge in [-0.1, -0.05) is 30.2 Å². The summed E-state index contributed by atoms with van der Waals surface area (Å²) in [5, 5.41) is 0.554. The largest absolute Gasteiger partial charge is 0.333 e. The zero-order valence-electron chi connectivity index (χ0n) is 14.0. The number of likely N-dealkylation sites (N-methyl/N-ethyl adjacent to an activating group) is 1. The molecule has 2 aliphatic rings. The van der Waals surface area contributed by atoms with E-state index in [0.29, 0.717) is 23.7 Å². The second-order valence-electron chi connectivity index (χ2n) is 6.82. The van der Waals surface area contributed by atoms with Crippen LogP contribution in [0.15, 0.2) is 24.3 Å². The van der Waals surface area contributed by atoms with E-state index < -0.39 is 6.04 Å². The van der Waals surface area contributed by atoms with Gasteiger partial charge in [-0.25, -0.2) is 0 Å². The van der Waals surface area contributed by atoms with Gasteiger partial charge in [-0.3, -0.25) is 9.59 Å². The van der Waals surface area contributed by atoms with E-state index in [9.17, 15) is 9.59 Å². The van der Waals surface area contributed by atoms with Crippen molar-refractivity contribution in [1.29, 1.82) is 0 Å². The molecule has 1 aliphatic carbocycles. The number of halogens is 1. The lowest BCUT2D eigenvalue weighted by Gasteiger charge is -2.31. The van der Waals surface area contributed by atoms with E-state index in [1.165, 1.54) is 0 Å². The van der Waals surface area contributed by atoms with Crippen LogP contribution in [0.5, 0.6) is 0 Å². The molecule has 2 fully saturated rings. The summed E-state index contributed by atoms with van der Waals surface area (Å²) in [7, 11) is 1.74. The fourth-order valence-electron chi connectivity index (χ4n) is 3.83. The molecule has 1 aromatic carbocycles. The topological polar surface area (TPSA) is 66.6 Å². The number of anilines is 1. The number of nitrogens with zero attached hydrogens (tertiary/aromatic N) is 2. The number of hydrogen-bond donors (Lipinski definition) is 1. The van der Waals surface area contributed by atoms with Gasteiger partial charge in [0.15, 0.2) is 0 Å². The molecular formula is C18H24ClN3O2. The zero-order valence-corrected chi connectivity index (χ0v) is 14.7. The molecule has 1 saturated carbocycles. The number of carbonyl (C=O) groups excluding carboxylic acids is 2. The Morgan fingerprint density at radius 1 is 1.29 bits per heavy atom. The maximum Gasteiger partial charge on any atom is 0.249 e.